The predicted molar refractivity (Wildman–Crippen MR) is 62.0 cm³/mol. The largest absolute Gasteiger partial charge is 0.493 e. The van der Waals surface area contributed by atoms with Crippen LogP contribution in [0.3, 0.4) is 0 Å². The SMILES string of the molecule is COc1ccc2c(c1OC)C/C=C\COC2. The Bertz CT molecular complexity index is 396. The second kappa shape index (κ2) is 5.03. The lowest BCUT2D eigenvalue weighted by Crippen LogP contribution is -2.04. The number of rotatable bonds is 2. The molecule has 0 bridgehead atoms. The highest BCUT2D eigenvalue weighted by molar-refractivity contribution is 5.51. The van der Waals surface area contributed by atoms with Gasteiger partial charge in [0.05, 0.1) is 27.4 Å². The number of methoxy groups -OCH3 is 2. The van der Waals surface area contributed by atoms with Gasteiger partial charge in [0.1, 0.15) is 0 Å². The highest BCUT2D eigenvalue weighted by Gasteiger charge is 2.14. The minimum atomic E-state index is 0.625. The van der Waals surface area contributed by atoms with Crippen LogP contribution in [0.5, 0.6) is 11.5 Å². The van der Waals surface area contributed by atoms with E-state index in [1.165, 1.54) is 5.56 Å². The van der Waals surface area contributed by atoms with E-state index >= 15 is 0 Å². The van der Waals surface area contributed by atoms with Crippen LogP contribution in [0.25, 0.3) is 0 Å². The van der Waals surface area contributed by atoms with E-state index in [1.54, 1.807) is 14.2 Å². The van der Waals surface area contributed by atoms with Gasteiger partial charge in [-0.15, -0.1) is 0 Å². The Labute approximate surface area is 95.6 Å². The Morgan fingerprint density at radius 2 is 2.00 bits per heavy atom. The number of ether oxygens (including phenoxy) is 3. The van der Waals surface area contributed by atoms with Crippen molar-refractivity contribution in [1.82, 2.24) is 0 Å². The smallest absolute Gasteiger partial charge is 0.164 e. The van der Waals surface area contributed by atoms with Crippen LogP contribution in [-0.4, -0.2) is 20.8 Å². The molecule has 1 heterocycles. The molecule has 1 aliphatic rings. The molecule has 0 amide bonds. The van der Waals surface area contributed by atoms with Crippen LogP contribution in [0.1, 0.15) is 11.1 Å². The Hall–Kier alpha value is -1.48. The Morgan fingerprint density at radius 3 is 2.75 bits per heavy atom. The molecule has 0 fully saturated rings. The maximum Gasteiger partial charge on any atom is 0.164 e. The summed E-state index contributed by atoms with van der Waals surface area (Å²) in [5.41, 5.74) is 2.32. The van der Waals surface area contributed by atoms with Crippen molar-refractivity contribution in [2.24, 2.45) is 0 Å². The van der Waals surface area contributed by atoms with Crippen LogP contribution >= 0.6 is 0 Å². The average molecular weight is 220 g/mol. The van der Waals surface area contributed by atoms with E-state index in [2.05, 4.69) is 6.08 Å². The highest BCUT2D eigenvalue weighted by atomic mass is 16.5. The molecule has 0 spiro atoms. The Morgan fingerprint density at radius 1 is 1.12 bits per heavy atom. The minimum Gasteiger partial charge on any atom is -0.493 e. The second-order valence-electron chi connectivity index (χ2n) is 3.63. The molecule has 0 aromatic heterocycles. The summed E-state index contributed by atoms with van der Waals surface area (Å²) in [7, 11) is 3.32. The van der Waals surface area contributed by atoms with E-state index in [4.69, 9.17) is 14.2 Å². The van der Waals surface area contributed by atoms with Gasteiger partial charge in [0.15, 0.2) is 11.5 Å². The van der Waals surface area contributed by atoms with Gasteiger partial charge in [-0.2, -0.15) is 0 Å². The standard InChI is InChI=1S/C13H16O3/c1-14-12-7-6-10-9-16-8-4-3-5-11(10)13(12)15-2/h3-4,6-7H,5,8-9H2,1-2H3/b4-3-. The normalized spacial score (nSPS) is 16.9. The Balaban J connectivity index is 2.48. The van der Waals surface area contributed by atoms with Crippen molar-refractivity contribution >= 4 is 0 Å². The molecule has 1 aliphatic heterocycles. The molecule has 0 atom stereocenters. The second-order valence-corrected chi connectivity index (χ2v) is 3.63. The van der Waals surface area contributed by atoms with Gasteiger partial charge in [-0.1, -0.05) is 18.2 Å². The molecule has 86 valence electrons. The van der Waals surface area contributed by atoms with Crippen LogP contribution in [0.15, 0.2) is 24.3 Å². The molecule has 0 radical (unpaired) electrons. The van der Waals surface area contributed by atoms with Crippen molar-refractivity contribution in [3.05, 3.63) is 35.4 Å². The number of hydrogen-bond donors (Lipinski definition) is 0. The van der Waals surface area contributed by atoms with Crippen LogP contribution in [0, 0.1) is 0 Å². The summed E-state index contributed by atoms with van der Waals surface area (Å²) in [5, 5.41) is 0. The first kappa shape index (κ1) is 11.0. The molecule has 1 aromatic rings. The zero-order valence-electron chi connectivity index (χ0n) is 9.66. The fourth-order valence-corrected chi connectivity index (χ4v) is 1.90. The first-order chi connectivity index (χ1) is 7.86. The zero-order valence-corrected chi connectivity index (χ0v) is 9.66. The van der Waals surface area contributed by atoms with E-state index in [-0.39, 0.29) is 0 Å². The Kier molecular flexibility index (Phi) is 3.47. The van der Waals surface area contributed by atoms with Crippen LogP contribution in [0.2, 0.25) is 0 Å². The van der Waals surface area contributed by atoms with Crippen LogP contribution < -0.4 is 9.47 Å². The van der Waals surface area contributed by atoms with Crippen LogP contribution in [0.4, 0.5) is 0 Å². The molecular formula is C13H16O3. The summed E-state index contributed by atoms with van der Waals surface area (Å²) < 4.78 is 16.2. The van der Waals surface area contributed by atoms with Crippen molar-refractivity contribution in [3.63, 3.8) is 0 Å². The number of benzene rings is 1. The molecule has 2 rings (SSSR count). The van der Waals surface area contributed by atoms with E-state index in [1.807, 2.05) is 18.2 Å². The molecule has 0 unspecified atom stereocenters. The van der Waals surface area contributed by atoms with Crippen LogP contribution in [-0.2, 0) is 17.8 Å². The first-order valence-electron chi connectivity index (χ1n) is 5.32. The van der Waals surface area contributed by atoms with Crippen molar-refractivity contribution in [2.75, 3.05) is 20.8 Å². The number of fused-ring (bicyclic) bond motifs is 1. The van der Waals surface area contributed by atoms with Gasteiger partial charge in [-0.25, -0.2) is 0 Å². The third-order valence-corrected chi connectivity index (χ3v) is 2.71. The van der Waals surface area contributed by atoms with Gasteiger partial charge in [0.2, 0.25) is 0 Å². The van der Waals surface area contributed by atoms with Gasteiger partial charge < -0.3 is 14.2 Å². The molecule has 0 N–H and O–H groups in total. The number of hydrogen-bond acceptors (Lipinski definition) is 3. The quantitative estimate of drug-likeness (QED) is 0.716. The topological polar surface area (TPSA) is 27.7 Å². The molecule has 3 nitrogen and oxygen atoms in total. The van der Waals surface area contributed by atoms with E-state index in [9.17, 15) is 0 Å². The lowest BCUT2D eigenvalue weighted by molar-refractivity contribution is 0.146. The van der Waals surface area contributed by atoms with E-state index in [0.29, 0.717) is 13.2 Å². The zero-order chi connectivity index (χ0) is 11.4. The van der Waals surface area contributed by atoms with E-state index < -0.39 is 0 Å². The van der Waals surface area contributed by atoms with Crippen molar-refractivity contribution in [3.8, 4) is 11.5 Å². The summed E-state index contributed by atoms with van der Waals surface area (Å²) in [4.78, 5) is 0. The average Bonchev–Trinajstić information content (AvgIpc) is 2.28. The lowest BCUT2D eigenvalue weighted by Gasteiger charge is -2.17. The molecule has 1 aromatic carbocycles. The summed E-state index contributed by atoms with van der Waals surface area (Å²) >= 11 is 0. The summed E-state index contributed by atoms with van der Waals surface area (Å²) in [6.45, 7) is 1.30. The van der Waals surface area contributed by atoms with Gasteiger partial charge in [-0.3, -0.25) is 0 Å². The molecule has 0 saturated carbocycles. The molecule has 0 saturated heterocycles. The van der Waals surface area contributed by atoms with Crippen molar-refractivity contribution in [2.45, 2.75) is 13.0 Å². The van der Waals surface area contributed by atoms with Gasteiger partial charge in [-0.05, 0) is 18.1 Å². The van der Waals surface area contributed by atoms with Gasteiger partial charge >= 0.3 is 0 Å². The number of allylic oxidation sites excluding steroid dienone is 1. The predicted octanol–water partition coefficient (Wildman–Crippen LogP) is 2.33. The van der Waals surface area contributed by atoms with Crippen molar-refractivity contribution < 1.29 is 14.2 Å². The third kappa shape index (κ3) is 2.04. The molecular weight excluding hydrogens is 204 g/mol. The van der Waals surface area contributed by atoms with Gasteiger partial charge in [0.25, 0.3) is 0 Å². The minimum absolute atomic E-state index is 0.625. The fourth-order valence-electron chi connectivity index (χ4n) is 1.90. The summed E-state index contributed by atoms with van der Waals surface area (Å²) in [6, 6.07) is 3.96. The lowest BCUT2D eigenvalue weighted by atomic mass is 10.0. The summed E-state index contributed by atoms with van der Waals surface area (Å²) in [5.74, 6) is 1.59. The van der Waals surface area contributed by atoms with Gasteiger partial charge in [0, 0.05) is 5.56 Å². The monoisotopic (exact) mass is 220 g/mol. The molecule has 16 heavy (non-hydrogen) atoms. The first-order valence-corrected chi connectivity index (χ1v) is 5.32. The molecule has 0 aliphatic carbocycles. The van der Waals surface area contributed by atoms with E-state index in [0.717, 1.165) is 23.5 Å². The fraction of sp³-hybridized carbons (Fsp3) is 0.385. The summed E-state index contributed by atoms with van der Waals surface area (Å²) in [6.07, 6.45) is 4.99. The maximum absolute atomic E-state index is 5.49. The van der Waals surface area contributed by atoms with Crippen molar-refractivity contribution in [1.29, 1.82) is 0 Å². The third-order valence-electron chi connectivity index (χ3n) is 2.71. The highest BCUT2D eigenvalue weighted by Crippen LogP contribution is 2.34. The maximum atomic E-state index is 5.49. The molecule has 3 heteroatoms.